The van der Waals surface area contributed by atoms with Crippen LogP contribution in [0.3, 0.4) is 0 Å². The van der Waals surface area contributed by atoms with Gasteiger partial charge >= 0.3 is 5.97 Å². The summed E-state index contributed by atoms with van der Waals surface area (Å²) in [4.78, 5) is 35.1. The molecule has 0 saturated carbocycles. The number of rotatable bonds is 5. The SMILES string of the molecule is CCOC(=O)C1=C(C)N=C2SC=C(CC(=O)N3CC(C)OC(C)C3)N2C1c1ccc(C)cc1C. The van der Waals surface area contributed by atoms with E-state index in [2.05, 4.69) is 32.0 Å². The van der Waals surface area contributed by atoms with E-state index < -0.39 is 6.04 Å². The molecule has 1 amide bonds. The van der Waals surface area contributed by atoms with Gasteiger partial charge in [0.25, 0.3) is 0 Å². The standard InChI is InChI=1S/C26H33N3O4S/c1-7-32-25(31)23-19(6)27-26-29(24(23)21-9-8-15(2)10-16(21)3)20(14-34-26)11-22(30)28-12-17(4)33-18(5)13-28/h8-10,14,17-18,24H,7,11-13H2,1-6H3. The number of aryl methyl sites for hydroxylation is 2. The molecule has 0 spiro atoms. The number of hydrogen-bond donors (Lipinski definition) is 0. The lowest BCUT2D eigenvalue weighted by Crippen LogP contribution is -2.48. The Hall–Kier alpha value is -2.58. The van der Waals surface area contributed by atoms with Crippen molar-refractivity contribution in [2.24, 2.45) is 4.99 Å². The number of benzene rings is 1. The van der Waals surface area contributed by atoms with Gasteiger partial charge in [-0.1, -0.05) is 35.5 Å². The molecule has 3 aliphatic rings. The zero-order valence-corrected chi connectivity index (χ0v) is 21.6. The topological polar surface area (TPSA) is 71.4 Å². The third kappa shape index (κ3) is 4.79. The number of carbonyl (C=O) groups is 2. The number of thioether (sulfide) groups is 1. The summed E-state index contributed by atoms with van der Waals surface area (Å²) >= 11 is 1.49. The molecule has 8 heteroatoms. The first-order chi connectivity index (χ1) is 16.2. The summed E-state index contributed by atoms with van der Waals surface area (Å²) in [6.07, 6.45) is 0.258. The van der Waals surface area contributed by atoms with Crippen LogP contribution in [0.4, 0.5) is 0 Å². The number of amides is 1. The molecule has 0 aliphatic carbocycles. The molecule has 3 atom stereocenters. The van der Waals surface area contributed by atoms with Crippen LogP contribution in [0.5, 0.6) is 0 Å². The summed E-state index contributed by atoms with van der Waals surface area (Å²) in [5.74, 6) is -0.315. The first-order valence-electron chi connectivity index (χ1n) is 11.8. The maximum atomic E-state index is 13.3. The fraction of sp³-hybridized carbons (Fsp3) is 0.500. The van der Waals surface area contributed by atoms with E-state index in [1.54, 1.807) is 6.92 Å². The first-order valence-corrected chi connectivity index (χ1v) is 12.7. The fourth-order valence-corrected chi connectivity index (χ4v) is 5.88. The molecule has 3 unspecified atom stereocenters. The highest BCUT2D eigenvalue weighted by Crippen LogP contribution is 2.45. The molecule has 3 aliphatic heterocycles. The smallest absolute Gasteiger partial charge is 0.338 e. The number of fused-ring (bicyclic) bond motifs is 1. The second kappa shape index (κ2) is 9.96. The van der Waals surface area contributed by atoms with Crippen molar-refractivity contribution in [1.82, 2.24) is 9.80 Å². The van der Waals surface area contributed by atoms with Crippen LogP contribution in [0.15, 0.2) is 45.6 Å². The molecule has 34 heavy (non-hydrogen) atoms. The van der Waals surface area contributed by atoms with Gasteiger partial charge in [0.2, 0.25) is 5.91 Å². The zero-order valence-electron chi connectivity index (χ0n) is 20.8. The van der Waals surface area contributed by atoms with E-state index in [0.717, 1.165) is 27.6 Å². The number of esters is 1. The summed E-state index contributed by atoms with van der Waals surface area (Å²) < 4.78 is 11.2. The number of morpholine rings is 1. The lowest BCUT2D eigenvalue weighted by atomic mass is 9.90. The summed E-state index contributed by atoms with van der Waals surface area (Å²) in [6.45, 7) is 13.2. The fourth-order valence-electron chi connectivity index (χ4n) is 4.91. The van der Waals surface area contributed by atoms with Gasteiger partial charge in [0.1, 0.15) is 0 Å². The van der Waals surface area contributed by atoms with E-state index in [9.17, 15) is 9.59 Å². The van der Waals surface area contributed by atoms with E-state index in [-0.39, 0.29) is 37.1 Å². The van der Waals surface area contributed by atoms with Crippen molar-refractivity contribution in [3.63, 3.8) is 0 Å². The molecule has 0 aromatic heterocycles. The quantitative estimate of drug-likeness (QED) is 0.576. The Kier molecular flexibility index (Phi) is 7.19. The van der Waals surface area contributed by atoms with E-state index >= 15 is 0 Å². The Labute approximate surface area is 205 Å². The molecule has 1 fully saturated rings. The first kappa shape index (κ1) is 24.5. The Bertz CT molecular complexity index is 1080. The molecule has 0 N–H and O–H groups in total. The van der Waals surface area contributed by atoms with Gasteiger partial charge in [0.15, 0.2) is 5.17 Å². The number of hydrogen-bond acceptors (Lipinski definition) is 7. The van der Waals surface area contributed by atoms with Gasteiger partial charge < -0.3 is 19.3 Å². The van der Waals surface area contributed by atoms with E-state index in [4.69, 9.17) is 14.5 Å². The lowest BCUT2D eigenvalue weighted by Gasteiger charge is -2.38. The van der Waals surface area contributed by atoms with Crippen LogP contribution in [0, 0.1) is 13.8 Å². The highest BCUT2D eigenvalue weighted by Gasteiger charge is 2.42. The number of ether oxygens (including phenoxy) is 2. The van der Waals surface area contributed by atoms with Crippen LogP contribution >= 0.6 is 11.8 Å². The Morgan fingerprint density at radius 3 is 2.53 bits per heavy atom. The van der Waals surface area contributed by atoms with Crippen molar-refractivity contribution in [3.05, 3.63) is 57.3 Å². The minimum absolute atomic E-state index is 0.00991. The van der Waals surface area contributed by atoms with Crippen molar-refractivity contribution < 1.29 is 19.1 Å². The number of nitrogens with zero attached hydrogens (tertiary/aromatic N) is 3. The van der Waals surface area contributed by atoms with Crippen LogP contribution < -0.4 is 0 Å². The Balaban J connectivity index is 1.70. The summed E-state index contributed by atoms with van der Waals surface area (Å²) in [5.41, 5.74) is 5.27. The normalized spacial score (nSPS) is 24.6. The minimum atomic E-state index is -0.399. The molecular weight excluding hydrogens is 450 g/mol. The number of allylic oxidation sites excluding steroid dienone is 1. The highest BCUT2D eigenvalue weighted by atomic mass is 32.2. The Morgan fingerprint density at radius 2 is 1.88 bits per heavy atom. The van der Waals surface area contributed by atoms with Gasteiger partial charge in [-0.3, -0.25) is 4.79 Å². The van der Waals surface area contributed by atoms with E-state index in [0.29, 0.717) is 24.4 Å². The van der Waals surface area contributed by atoms with Crippen molar-refractivity contribution in [2.45, 2.75) is 66.2 Å². The maximum Gasteiger partial charge on any atom is 0.338 e. The van der Waals surface area contributed by atoms with E-state index in [1.165, 1.54) is 11.8 Å². The number of amidine groups is 1. The van der Waals surface area contributed by atoms with Gasteiger partial charge in [-0.05, 0) is 58.1 Å². The monoisotopic (exact) mass is 483 g/mol. The van der Waals surface area contributed by atoms with Crippen molar-refractivity contribution >= 4 is 28.8 Å². The molecule has 0 radical (unpaired) electrons. The van der Waals surface area contributed by atoms with Gasteiger partial charge in [-0.25, -0.2) is 9.79 Å². The summed E-state index contributed by atoms with van der Waals surface area (Å²) in [5, 5.41) is 2.77. The van der Waals surface area contributed by atoms with Crippen LogP contribution in [0.1, 0.15) is 56.8 Å². The van der Waals surface area contributed by atoms with Crippen molar-refractivity contribution in [2.75, 3.05) is 19.7 Å². The van der Waals surface area contributed by atoms with Gasteiger partial charge in [-0.2, -0.15) is 0 Å². The molecule has 182 valence electrons. The second-order valence-corrected chi connectivity index (χ2v) is 10.0. The number of carbonyl (C=O) groups excluding carboxylic acids is 2. The summed E-state index contributed by atoms with van der Waals surface area (Å²) in [7, 11) is 0. The predicted molar refractivity (Wildman–Crippen MR) is 134 cm³/mol. The molecule has 0 bridgehead atoms. The van der Waals surface area contributed by atoms with Crippen LogP contribution in [-0.4, -0.2) is 58.7 Å². The van der Waals surface area contributed by atoms with Gasteiger partial charge in [0.05, 0.1) is 42.5 Å². The third-order valence-electron chi connectivity index (χ3n) is 6.32. The second-order valence-electron chi connectivity index (χ2n) is 9.21. The molecule has 3 heterocycles. The van der Waals surface area contributed by atoms with Crippen LogP contribution in [-0.2, 0) is 19.1 Å². The lowest BCUT2D eigenvalue weighted by molar-refractivity contribution is -0.142. The zero-order chi connectivity index (χ0) is 24.6. The molecule has 7 nitrogen and oxygen atoms in total. The highest BCUT2D eigenvalue weighted by molar-refractivity contribution is 8.16. The minimum Gasteiger partial charge on any atom is -0.463 e. The maximum absolute atomic E-state index is 13.3. The molecule has 1 aromatic rings. The van der Waals surface area contributed by atoms with Gasteiger partial charge in [-0.15, -0.1) is 0 Å². The van der Waals surface area contributed by atoms with E-state index in [1.807, 2.05) is 36.0 Å². The molecule has 4 rings (SSSR count). The number of aliphatic imine (C=N–C) groups is 1. The molecule has 1 saturated heterocycles. The molecule has 1 aromatic carbocycles. The summed E-state index contributed by atoms with van der Waals surface area (Å²) in [6, 6.07) is 5.84. The van der Waals surface area contributed by atoms with Gasteiger partial charge in [0, 0.05) is 18.8 Å². The largest absolute Gasteiger partial charge is 0.463 e. The molecular formula is C26H33N3O4S. The van der Waals surface area contributed by atoms with Crippen LogP contribution in [0.25, 0.3) is 0 Å². The predicted octanol–water partition coefficient (Wildman–Crippen LogP) is 4.47. The van der Waals surface area contributed by atoms with Crippen LogP contribution in [0.2, 0.25) is 0 Å². The average molecular weight is 484 g/mol. The van der Waals surface area contributed by atoms with Crippen molar-refractivity contribution in [3.8, 4) is 0 Å². The average Bonchev–Trinajstić information content (AvgIpc) is 3.14. The third-order valence-corrected chi connectivity index (χ3v) is 7.21. The van der Waals surface area contributed by atoms with Crippen molar-refractivity contribution in [1.29, 1.82) is 0 Å². The Morgan fingerprint density at radius 1 is 1.18 bits per heavy atom.